The molecule has 0 aliphatic carbocycles. The minimum atomic E-state index is 0.320. The number of hydrogen-bond donors (Lipinski definition) is 0. The first-order valence-corrected chi connectivity index (χ1v) is 8.29. The number of nitrogens with zero attached hydrogens (tertiary/aromatic N) is 3. The molecule has 0 saturated carbocycles. The van der Waals surface area contributed by atoms with Gasteiger partial charge in [0.25, 0.3) is 11.8 Å². The fourth-order valence-corrected chi connectivity index (χ4v) is 2.83. The van der Waals surface area contributed by atoms with Gasteiger partial charge in [-0.05, 0) is 25.1 Å². The van der Waals surface area contributed by atoms with Crippen LogP contribution >= 0.6 is 0 Å². The summed E-state index contributed by atoms with van der Waals surface area (Å²) in [5, 5.41) is 12.5. The first kappa shape index (κ1) is 16.8. The Kier molecular flexibility index (Phi) is 4.33. The standard InChI is InChI=1S/C20H17N3O4/c1-12-17(18(23-27-12)13-7-5-4-6-8-13)20-22-21-19(26-20)15-11-14(24-2)9-10-16(15)25-3/h4-11H,1-3H3. The molecule has 7 heteroatoms. The summed E-state index contributed by atoms with van der Waals surface area (Å²) in [5.41, 5.74) is 2.87. The molecule has 2 aromatic carbocycles. The average molecular weight is 363 g/mol. The molecule has 7 nitrogen and oxygen atoms in total. The molecule has 0 aliphatic heterocycles. The number of ether oxygens (including phenoxy) is 2. The number of rotatable bonds is 5. The predicted molar refractivity (Wildman–Crippen MR) is 98.5 cm³/mol. The number of benzene rings is 2. The summed E-state index contributed by atoms with van der Waals surface area (Å²) in [5.74, 6) is 2.52. The van der Waals surface area contributed by atoms with Crippen molar-refractivity contribution in [3.8, 4) is 45.7 Å². The molecule has 0 aliphatic rings. The highest BCUT2D eigenvalue weighted by Crippen LogP contribution is 2.37. The molecule has 0 spiro atoms. The summed E-state index contributed by atoms with van der Waals surface area (Å²) >= 11 is 0. The number of hydrogen-bond acceptors (Lipinski definition) is 7. The van der Waals surface area contributed by atoms with Crippen LogP contribution in [-0.4, -0.2) is 29.6 Å². The van der Waals surface area contributed by atoms with Gasteiger partial charge in [-0.2, -0.15) is 0 Å². The maximum absolute atomic E-state index is 5.94. The van der Waals surface area contributed by atoms with E-state index < -0.39 is 0 Å². The topological polar surface area (TPSA) is 83.4 Å². The van der Waals surface area contributed by atoms with Crippen molar-refractivity contribution < 1.29 is 18.4 Å². The molecule has 4 aromatic rings. The van der Waals surface area contributed by atoms with Gasteiger partial charge in [0.15, 0.2) is 0 Å². The van der Waals surface area contributed by atoms with E-state index in [2.05, 4.69) is 15.4 Å². The van der Waals surface area contributed by atoms with Crippen molar-refractivity contribution >= 4 is 0 Å². The first-order valence-electron chi connectivity index (χ1n) is 8.29. The summed E-state index contributed by atoms with van der Waals surface area (Å²) in [6, 6.07) is 15.1. The molecule has 0 radical (unpaired) electrons. The van der Waals surface area contributed by atoms with Crippen molar-refractivity contribution in [2.45, 2.75) is 6.92 Å². The van der Waals surface area contributed by atoms with Crippen LogP contribution in [0.15, 0.2) is 57.5 Å². The second-order valence-electron chi connectivity index (χ2n) is 5.81. The Bertz CT molecular complexity index is 1070. The molecular weight excluding hydrogens is 346 g/mol. The fourth-order valence-electron chi connectivity index (χ4n) is 2.83. The lowest BCUT2D eigenvalue weighted by Gasteiger charge is -2.07. The lowest BCUT2D eigenvalue weighted by atomic mass is 10.1. The largest absolute Gasteiger partial charge is 0.497 e. The van der Waals surface area contributed by atoms with Crippen LogP contribution in [-0.2, 0) is 0 Å². The van der Waals surface area contributed by atoms with E-state index in [1.807, 2.05) is 37.3 Å². The van der Waals surface area contributed by atoms with E-state index in [4.69, 9.17) is 18.4 Å². The molecule has 2 aromatic heterocycles. The number of aryl methyl sites for hydroxylation is 1. The van der Waals surface area contributed by atoms with Crippen molar-refractivity contribution in [1.82, 2.24) is 15.4 Å². The normalized spacial score (nSPS) is 10.8. The Morgan fingerprint density at radius 1 is 0.889 bits per heavy atom. The smallest absolute Gasteiger partial charge is 0.254 e. The molecule has 0 atom stereocenters. The SMILES string of the molecule is COc1ccc(OC)c(-c2nnc(-c3c(-c4ccccc4)noc3C)o2)c1. The van der Waals surface area contributed by atoms with Crippen molar-refractivity contribution in [3.63, 3.8) is 0 Å². The summed E-state index contributed by atoms with van der Waals surface area (Å²) in [6.45, 7) is 1.81. The molecular formula is C20H17N3O4. The van der Waals surface area contributed by atoms with Gasteiger partial charge in [-0.1, -0.05) is 35.5 Å². The highest BCUT2D eigenvalue weighted by molar-refractivity contribution is 5.78. The zero-order valence-electron chi connectivity index (χ0n) is 15.1. The van der Waals surface area contributed by atoms with Crippen LogP contribution in [0.25, 0.3) is 34.2 Å². The number of aromatic nitrogens is 3. The van der Waals surface area contributed by atoms with Crippen LogP contribution in [0.3, 0.4) is 0 Å². The predicted octanol–water partition coefficient (Wildman–Crippen LogP) is 4.38. The quantitative estimate of drug-likeness (QED) is 0.520. The van der Waals surface area contributed by atoms with Crippen LogP contribution in [0.5, 0.6) is 11.5 Å². The van der Waals surface area contributed by atoms with E-state index in [1.54, 1.807) is 32.4 Å². The minimum absolute atomic E-state index is 0.320. The third kappa shape index (κ3) is 3.03. The van der Waals surface area contributed by atoms with Gasteiger partial charge >= 0.3 is 0 Å². The van der Waals surface area contributed by atoms with Gasteiger partial charge in [0.2, 0.25) is 0 Å². The molecule has 27 heavy (non-hydrogen) atoms. The second-order valence-corrected chi connectivity index (χ2v) is 5.81. The monoisotopic (exact) mass is 363 g/mol. The Labute approximate surface area is 155 Å². The van der Waals surface area contributed by atoms with Gasteiger partial charge in [-0.15, -0.1) is 10.2 Å². The Hall–Kier alpha value is -3.61. The van der Waals surface area contributed by atoms with Crippen LogP contribution in [0.2, 0.25) is 0 Å². The lowest BCUT2D eigenvalue weighted by Crippen LogP contribution is -1.90. The molecule has 0 amide bonds. The lowest BCUT2D eigenvalue weighted by molar-refractivity contribution is 0.399. The molecule has 0 bridgehead atoms. The minimum Gasteiger partial charge on any atom is -0.497 e. The molecule has 0 unspecified atom stereocenters. The molecule has 0 N–H and O–H groups in total. The zero-order chi connectivity index (χ0) is 18.8. The molecule has 136 valence electrons. The van der Waals surface area contributed by atoms with E-state index in [0.29, 0.717) is 45.9 Å². The van der Waals surface area contributed by atoms with Crippen molar-refractivity contribution in [2.75, 3.05) is 14.2 Å². The van der Waals surface area contributed by atoms with Gasteiger partial charge < -0.3 is 18.4 Å². The summed E-state index contributed by atoms with van der Waals surface area (Å²) in [4.78, 5) is 0. The van der Waals surface area contributed by atoms with Gasteiger partial charge in [0.1, 0.15) is 28.5 Å². The van der Waals surface area contributed by atoms with E-state index >= 15 is 0 Å². The Morgan fingerprint density at radius 3 is 2.41 bits per heavy atom. The molecule has 0 saturated heterocycles. The van der Waals surface area contributed by atoms with E-state index in [-0.39, 0.29) is 0 Å². The van der Waals surface area contributed by atoms with Crippen LogP contribution in [0, 0.1) is 6.92 Å². The van der Waals surface area contributed by atoms with E-state index in [9.17, 15) is 0 Å². The van der Waals surface area contributed by atoms with E-state index in [0.717, 1.165) is 5.56 Å². The first-order chi connectivity index (χ1) is 13.2. The fraction of sp³-hybridized carbons (Fsp3) is 0.150. The number of methoxy groups -OCH3 is 2. The summed E-state index contributed by atoms with van der Waals surface area (Å²) in [7, 11) is 3.18. The van der Waals surface area contributed by atoms with Gasteiger partial charge in [-0.3, -0.25) is 0 Å². The third-order valence-corrected chi connectivity index (χ3v) is 4.19. The van der Waals surface area contributed by atoms with Crippen molar-refractivity contribution in [1.29, 1.82) is 0 Å². The van der Waals surface area contributed by atoms with Gasteiger partial charge in [-0.25, -0.2) is 0 Å². The molecule has 0 fully saturated rings. The van der Waals surface area contributed by atoms with Crippen LogP contribution in [0.1, 0.15) is 5.76 Å². The highest BCUT2D eigenvalue weighted by atomic mass is 16.5. The molecule has 2 heterocycles. The average Bonchev–Trinajstić information content (AvgIpc) is 3.34. The van der Waals surface area contributed by atoms with E-state index in [1.165, 1.54) is 0 Å². The van der Waals surface area contributed by atoms with Gasteiger partial charge in [0, 0.05) is 5.56 Å². The van der Waals surface area contributed by atoms with Crippen LogP contribution < -0.4 is 9.47 Å². The maximum Gasteiger partial charge on any atom is 0.254 e. The highest BCUT2D eigenvalue weighted by Gasteiger charge is 2.23. The zero-order valence-corrected chi connectivity index (χ0v) is 15.1. The van der Waals surface area contributed by atoms with Crippen LogP contribution in [0.4, 0.5) is 0 Å². The Morgan fingerprint density at radius 2 is 1.67 bits per heavy atom. The third-order valence-electron chi connectivity index (χ3n) is 4.19. The van der Waals surface area contributed by atoms with Crippen molar-refractivity contribution in [3.05, 3.63) is 54.3 Å². The molecule has 4 rings (SSSR count). The maximum atomic E-state index is 5.94. The van der Waals surface area contributed by atoms with Crippen molar-refractivity contribution in [2.24, 2.45) is 0 Å². The summed E-state index contributed by atoms with van der Waals surface area (Å²) in [6.07, 6.45) is 0. The summed E-state index contributed by atoms with van der Waals surface area (Å²) < 4.78 is 22.0. The Balaban J connectivity index is 1.80. The van der Waals surface area contributed by atoms with Gasteiger partial charge in [0.05, 0.1) is 19.8 Å². The second kappa shape index (κ2) is 6.95.